The molecule has 1 aliphatic rings. The summed E-state index contributed by atoms with van der Waals surface area (Å²) < 4.78 is 0. The van der Waals surface area contributed by atoms with Crippen molar-refractivity contribution in [2.45, 2.75) is 52.0 Å². The van der Waals surface area contributed by atoms with Gasteiger partial charge in [0.05, 0.1) is 0 Å². The van der Waals surface area contributed by atoms with E-state index in [0.29, 0.717) is 0 Å². The number of rotatable bonds is 9. The molecule has 2 heteroatoms. The second-order valence-corrected chi connectivity index (χ2v) is 4.97. The molecule has 0 radical (unpaired) electrons. The highest BCUT2D eigenvalue weighted by atomic mass is 15.1. The van der Waals surface area contributed by atoms with Crippen molar-refractivity contribution in [2.24, 2.45) is 5.92 Å². The molecule has 0 aliphatic heterocycles. The van der Waals surface area contributed by atoms with Crippen molar-refractivity contribution in [3.8, 4) is 0 Å². The Balaban J connectivity index is 2.12. The van der Waals surface area contributed by atoms with Gasteiger partial charge in [-0.05, 0) is 45.3 Å². The molecule has 15 heavy (non-hydrogen) atoms. The number of unbranched alkanes of at least 4 members (excludes halogenated alkanes) is 2. The highest BCUT2D eigenvalue weighted by Gasteiger charge is 2.30. The molecule has 0 amide bonds. The first-order valence-corrected chi connectivity index (χ1v) is 6.69. The quantitative estimate of drug-likeness (QED) is 0.591. The van der Waals surface area contributed by atoms with Crippen LogP contribution in [0.2, 0.25) is 0 Å². The zero-order valence-corrected chi connectivity index (χ0v) is 10.8. The highest BCUT2D eigenvalue weighted by molar-refractivity contribution is 4.87. The van der Waals surface area contributed by atoms with E-state index in [1.54, 1.807) is 0 Å². The van der Waals surface area contributed by atoms with Crippen LogP contribution in [-0.4, -0.2) is 37.6 Å². The summed E-state index contributed by atoms with van der Waals surface area (Å²) >= 11 is 0. The lowest BCUT2D eigenvalue weighted by atomic mass is 10.1. The summed E-state index contributed by atoms with van der Waals surface area (Å²) in [7, 11) is 2.27. The van der Waals surface area contributed by atoms with Crippen LogP contribution in [0.1, 0.15) is 46.0 Å². The second-order valence-electron chi connectivity index (χ2n) is 4.97. The summed E-state index contributed by atoms with van der Waals surface area (Å²) in [5, 5.41) is 3.62. The first kappa shape index (κ1) is 13.0. The van der Waals surface area contributed by atoms with E-state index in [1.165, 1.54) is 45.2 Å². The van der Waals surface area contributed by atoms with Crippen LogP contribution in [0.25, 0.3) is 0 Å². The summed E-state index contributed by atoms with van der Waals surface area (Å²) in [6.45, 7) is 8.10. The fourth-order valence-electron chi connectivity index (χ4n) is 2.20. The van der Waals surface area contributed by atoms with Gasteiger partial charge in [0.15, 0.2) is 0 Å². The predicted molar refractivity (Wildman–Crippen MR) is 67.2 cm³/mol. The minimum atomic E-state index is 0.752. The maximum atomic E-state index is 3.62. The average Bonchev–Trinajstić information content (AvgIpc) is 3.01. The van der Waals surface area contributed by atoms with E-state index in [0.717, 1.165) is 18.5 Å². The summed E-state index contributed by atoms with van der Waals surface area (Å²) in [5.41, 5.74) is 0. The van der Waals surface area contributed by atoms with Gasteiger partial charge in [-0.1, -0.05) is 26.7 Å². The second kappa shape index (κ2) is 7.24. The van der Waals surface area contributed by atoms with Gasteiger partial charge >= 0.3 is 0 Å². The van der Waals surface area contributed by atoms with E-state index < -0.39 is 0 Å². The van der Waals surface area contributed by atoms with Crippen LogP contribution in [0, 0.1) is 5.92 Å². The monoisotopic (exact) mass is 212 g/mol. The van der Waals surface area contributed by atoms with Gasteiger partial charge in [-0.2, -0.15) is 0 Å². The maximum Gasteiger partial charge on any atom is 0.0223 e. The Hall–Kier alpha value is -0.0800. The Morgan fingerprint density at radius 3 is 2.53 bits per heavy atom. The topological polar surface area (TPSA) is 15.3 Å². The largest absolute Gasteiger partial charge is 0.313 e. The van der Waals surface area contributed by atoms with E-state index in [4.69, 9.17) is 0 Å². The standard InChI is InChI=1S/C13H28N2/c1-4-6-7-10-15(3)11-13(14-5-2)12-8-9-12/h12-14H,4-11H2,1-3H3. The zero-order valence-electron chi connectivity index (χ0n) is 10.8. The molecule has 1 saturated carbocycles. The fourth-order valence-corrected chi connectivity index (χ4v) is 2.20. The van der Waals surface area contributed by atoms with Crippen LogP contribution in [0.4, 0.5) is 0 Å². The molecule has 0 bridgehead atoms. The number of nitrogens with zero attached hydrogens (tertiary/aromatic N) is 1. The van der Waals surface area contributed by atoms with Crippen molar-refractivity contribution in [1.29, 1.82) is 0 Å². The van der Waals surface area contributed by atoms with Gasteiger partial charge in [0.1, 0.15) is 0 Å². The Kier molecular flexibility index (Phi) is 6.26. The van der Waals surface area contributed by atoms with Gasteiger partial charge in [-0.3, -0.25) is 0 Å². The van der Waals surface area contributed by atoms with Gasteiger partial charge in [-0.25, -0.2) is 0 Å². The van der Waals surface area contributed by atoms with Crippen molar-refractivity contribution in [3.63, 3.8) is 0 Å². The summed E-state index contributed by atoms with van der Waals surface area (Å²) in [5.74, 6) is 0.971. The maximum absolute atomic E-state index is 3.62. The molecule has 0 spiro atoms. The fraction of sp³-hybridized carbons (Fsp3) is 1.00. The molecule has 1 aliphatic carbocycles. The van der Waals surface area contributed by atoms with Crippen LogP contribution >= 0.6 is 0 Å². The Morgan fingerprint density at radius 1 is 1.27 bits per heavy atom. The van der Waals surface area contributed by atoms with E-state index in [-0.39, 0.29) is 0 Å². The smallest absolute Gasteiger partial charge is 0.0223 e. The van der Waals surface area contributed by atoms with Crippen molar-refractivity contribution in [3.05, 3.63) is 0 Å². The third-order valence-electron chi connectivity index (χ3n) is 3.31. The van der Waals surface area contributed by atoms with Crippen molar-refractivity contribution in [1.82, 2.24) is 10.2 Å². The lowest BCUT2D eigenvalue weighted by Crippen LogP contribution is -2.41. The number of nitrogens with one attached hydrogen (secondary N) is 1. The molecule has 2 nitrogen and oxygen atoms in total. The van der Waals surface area contributed by atoms with Gasteiger partial charge in [-0.15, -0.1) is 0 Å². The van der Waals surface area contributed by atoms with E-state index in [1.807, 2.05) is 0 Å². The molecule has 0 heterocycles. The van der Waals surface area contributed by atoms with Crippen molar-refractivity contribution < 1.29 is 0 Å². The molecule has 0 saturated heterocycles. The van der Waals surface area contributed by atoms with E-state index in [2.05, 4.69) is 31.1 Å². The molecular formula is C13H28N2. The van der Waals surface area contributed by atoms with E-state index >= 15 is 0 Å². The molecule has 1 atom stereocenters. The lowest BCUT2D eigenvalue weighted by molar-refractivity contribution is 0.270. The minimum absolute atomic E-state index is 0.752. The van der Waals surface area contributed by atoms with Crippen molar-refractivity contribution >= 4 is 0 Å². The van der Waals surface area contributed by atoms with Crippen molar-refractivity contribution in [2.75, 3.05) is 26.7 Å². The first-order valence-electron chi connectivity index (χ1n) is 6.69. The van der Waals surface area contributed by atoms with Gasteiger partial charge in [0, 0.05) is 12.6 Å². The zero-order chi connectivity index (χ0) is 11.1. The Bertz CT molecular complexity index is 155. The molecule has 1 fully saturated rings. The summed E-state index contributed by atoms with van der Waals surface area (Å²) in [4.78, 5) is 2.50. The van der Waals surface area contributed by atoms with Crippen LogP contribution in [0.3, 0.4) is 0 Å². The van der Waals surface area contributed by atoms with Gasteiger partial charge < -0.3 is 10.2 Å². The van der Waals surface area contributed by atoms with Crippen LogP contribution < -0.4 is 5.32 Å². The average molecular weight is 212 g/mol. The summed E-state index contributed by atoms with van der Waals surface area (Å²) in [6, 6.07) is 0.752. The molecule has 1 unspecified atom stereocenters. The molecular weight excluding hydrogens is 184 g/mol. The number of hydrogen-bond donors (Lipinski definition) is 1. The highest BCUT2D eigenvalue weighted by Crippen LogP contribution is 2.32. The van der Waals surface area contributed by atoms with Gasteiger partial charge in [0.25, 0.3) is 0 Å². The SMILES string of the molecule is CCCCCN(C)CC(NCC)C1CC1. The van der Waals surface area contributed by atoms with Crippen LogP contribution in [0.15, 0.2) is 0 Å². The normalized spacial score (nSPS) is 18.4. The molecule has 1 rings (SSSR count). The number of likely N-dealkylation sites (N-methyl/N-ethyl adjacent to an activating group) is 2. The molecule has 0 aromatic carbocycles. The van der Waals surface area contributed by atoms with Gasteiger partial charge in [0.2, 0.25) is 0 Å². The lowest BCUT2D eigenvalue weighted by Gasteiger charge is -2.24. The van der Waals surface area contributed by atoms with Crippen LogP contribution in [0.5, 0.6) is 0 Å². The third-order valence-corrected chi connectivity index (χ3v) is 3.31. The predicted octanol–water partition coefficient (Wildman–Crippen LogP) is 2.50. The molecule has 1 N–H and O–H groups in total. The number of hydrogen-bond acceptors (Lipinski definition) is 2. The third kappa shape index (κ3) is 5.53. The minimum Gasteiger partial charge on any atom is -0.313 e. The van der Waals surface area contributed by atoms with Crippen LogP contribution in [-0.2, 0) is 0 Å². The molecule has 0 aromatic heterocycles. The van der Waals surface area contributed by atoms with E-state index in [9.17, 15) is 0 Å². The Labute approximate surface area is 95.4 Å². The first-order chi connectivity index (χ1) is 7.27. The Morgan fingerprint density at radius 2 is 2.00 bits per heavy atom. The summed E-state index contributed by atoms with van der Waals surface area (Å²) in [6.07, 6.45) is 6.95. The molecule has 0 aromatic rings. The molecule has 90 valence electrons.